The molecule has 2 saturated carbocycles. The zero-order valence-corrected chi connectivity index (χ0v) is 11.5. The number of amides is 2. The SMILES string of the molecule is O=C(NC1CCCC1)c1ccc(NC(=O)C2CC2)cc1. The van der Waals surface area contributed by atoms with Crippen molar-refractivity contribution >= 4 is 17.5 Å². The van der Waals surface area contributed by atoms with E-state index < -0.39 is 0 Å². The van der Waals surface area contributed by atoms with Crippen molar-refractivity contribution in [1.82, 2.24) is 5.32 Å². The molecule has 0 spiro atoms. The molecule has 2 fully saturated rings. The van der Waals surface area contributed by atoms with Gasteiger partial charge in [0.05, 0.1) is 0 Å². The third-order valence-corrected chi connectivity index (χ3v) is 4.05. The summed E-state index contributed by atoms with van der Waals surface area (Å²) in [7, 11) is 0. The van der Waals surface area contributed by atoms with Crippen molar-refractivity contribution in [2.24, 2.45) is 5.92 Å². The summed E-state index contributed by atoms with van der Waals surface area (Å²) < 4.78 is 0. The first-order valence-corrected chi connectivity index (χ1v) is 7.44. The average Bonchev–Trinajstić information content (AvgIpc) is 3.19. The fourth-order valence-electron chi connectivity index (χ4n) is 2.63. The summed E-state index contributed by atoms with van der Waals surface area (Å²) in [5.74, 6) is 0.269. The van der Waals surface area contributed by atoms with E-state index in [9.17, 15) is 9.59 Å². The van der Waals surface area contributed by atoms with Gasteiger partial charge in [-0.1, -0.05) is 12.8 Å². The molecule has 2 amide bonds. The summed E-state index contributed by atoms with van der Waals surface area (Å²) in [5, 5.41) is 5.93. The van der Waals surface area contributed by atoms with E-state index in [0.717, 1.165) is 31.4 Å². The minimum absolute atomic E-state index is 0.0167. The minimum Gasteiger partial charge on any atom is -0.349 e. The molecule has 0 unspecified atom stereocenters. The minimum atomic E-state index is -0.0167. The maximum atomic E-state index is 12.1. The number of hydrogen-bond donors (Lipinski definition) is 2. The lowest BCUT2D eigenvalue weighted by Gasteiger charge is -2.12. The molecule has 0 aromatic heterocycles. The second-order valence-corrected chi connectivity index (χ2v) is 5.80. The molecule has 1 aromatic rings. The molecule has 106 valence electrons. The summed E-state index contributed by atoms with van der Waals surface area (Å²) >= 11 is 0. The summed E-state index contributed by atoms with van der Waals surface area (Å²) in [5.41, 5.74) is 1.42. The van der Waals surface area contributed by atoms with Crippen molar-refractivity contribution in [2.45, 2.75) is 44.6 Å². The van der Waals surface area contributed by atoms with Gasteiger partial charge in [-0.2, -0.15) is 0 Å². The first-order valence-electron chi connectivity index (χ1n) is 7.44. The van der Waals surface area contributed by atoms with Crippen LogP contribution >= 0.6 is 0 Å². The highest BCUT2D eigenvalue weighted by Crippen LogP contribution is 2.30. The number of carbonyl (C=O) groups excluding carboxylic acids is 2. The van der Waals surface area contributed by atoms with Crippen LogP contribution in [0.5, 0.6) is 0 Å². The Morgan fingerprint density at radius 1 is 0.950 bits per heavy atom. The zero-order valence-electron chi connectivity index (χ0n) is 11.5. The number of hydrogen-bond acceptors (Lipinski definition) is 2. The van der Waals surface area contributed by atoms with Crippen LogP contribution in [0.3, 0.4) is 0 Å². The Bertz CT molecular complexity index is 500. The topological polar surface area (TPSA) is 58.2 Å². The largest absolute Gasteiger partial charge is 0.349 e. The van der Waals surface area contributed by atoms with Crippen molar-refractivity contribution in [3.63, 3.8) is 0 Å². The zero-order chi connectivity index (χ0) is 13.9. The van der Waals surface area contributed by atoms with Gasteiger partial charge in [-0.15, -0.1) is 0 Å². The highest BCUT2D eigenvalue weighted by atomic mass is 16.2. The Hall–Kier alpha value is -1.84. The lowest BCUT2D eigenvalue weighted by atomic mass is 10.1. The summed E-state index contributed by atoms with van der Waals surface area (Å²) in [6.45, 7) is 0. The fourth-order valence-corrected chi connectivity index (χ4v) is 2.63. The Morgan fingerprint density at radius 2 is 1.60 bits per heavy atom. The van der Waals surface area contributed by atoms with Crippen molar-refractivity contribution in [3.05, 3.63) is 29.8 Å². The molecule has 4 nitrogen and oxygen atoms in total. The van der Waals surface area contributed by atoms with E-state index in [0.29, 0.717) is 11.6 Å². The highest BCUT2D eigenvalue weighted by Gasteiger charge is 2.29. The van der Waals surface area contributed by atoms with Crippen molar-refractivity contribution in [1.29, 1.82) is 0 Å². The molecule has 2 aliphatic rings. The maximum Gasteiger partial charge on any atom is 0.251 e. The molecule has 4 heteroatoms. The van der Waals surface area contributed by atoms with E-state index in [-0.39, 0.29) is 17.7 Å². The maximum absolute atomic E-state index is 12.1. The van der Waals surface area contributed by atoms with E-state index in [2.05, 4.69) is 10.6 Å². The molecule has 0 heterocycles. The standard InChI is InChI=1S/C16H20N2O2/c19-15(11-5-6-11)18-14-9-7-12(8-10-14)16(20)17-13-3-1-2-4-13/h7-11,13H,1-6H2,(H,17,20)(H,18,19). The van der Waals surface area contributed by atoms with Gasteiger partial charge in [0.25, 0.3) is 5.91 Å². The van der Waals surface area contributed by atoms with Crippen LogP contribution in [0.1, 0.15) is 48.9 Å². The van der Waals surface area contributed by atoms with Gasteiger partial charge in [0.1, 0.15) is 0 Å². The van der Waals surface area contributed by atoms with Crippen LogP contribution < -0.4 is 10.6 Å². The summed E-state index contributed by atoms with van der Waals surface area (Å²) in [4.78, 5) is 23.7. The fraction of sp³-hybridized carbons (Fsp3) is 0.500. The van der Waals surface area contributed by atoms with E-state index in [1.165, 1.54) is 12.8 Å². The van der Waals surface area contributed by atoms with Gasteiger partial charge in [0.2, 0.25) is 5.91 Å². The number of benzene rings is 1. The predicted molar refractivity (Wildman–Crippen MR) is 77.5 cm³/mol. The Labute approximate surface area is 118 Å². The van der Waals surface area contributed by atoms with Gasteiger partial charge < -0.3 is 10.6 Å². The smallest absolute Gasteiger partial charge is 0.251 e. The van der Waals surface area contributed by atoms with E-state index in [1.54, 1.807) is 24.3 Å². The molecule has 3 rings (SSSR count). The van der Waals surface area contributed by atoms with Crippen molar-refractivity contribution < 1.29 is 9.59 Å². The summed E-state index contributed by atoms with van der Waals surface area (Å²) in [6, 6.07) is 7.46. The van der Waals surface area contributed by atoms with Crippen LogP contribution in [0.4, 0.5) is 5.69 Å². The lowest BCUT2D eigenvalue weighted by molar-refractivity contribution is -0.117. The van der Waals surface area contributed by atoms with Crippen LogP contribution in [0.25, 0.3) is 0 Å². The number of carbonyl (C=O) groups is 2. The molecular formula is C16H20N2O2. The van der Waals surface area contributed by atoms with E-state index in [1.807, 2.05) is 0 Å². The van der Waals surface area contributed by atoms with Gasteiger partial charge in [-0.05, 0) is 49.9 Å². The number of anilines is 1. The molecule has 20 heavy (non-hydrogen) atoms. The second-order valence-electron chi connectivity index (χ2n) is 5.80. The normalized spacial score (nSPS) is 18.8. The Kier molecular flexibility index (Phi) is 3.72. The third-order valence-electron chi connectivity index (χ3n) is 4.05. The molecule has 0 radical (unpaired) electrons. The lowest BCUT2D eigenvalue weighted by Crippen LogP contribution is -2.32. The molecule has 0 saturated heterocycles. The highest BCUT2D eigenvalue weighted by molar-refractivity contribution is 5.96. The molecular weight excluding hydrogens is 252 g/mol. The van der Waals surface area contributed by atoms with Gasteiger partial charge in [-0.25, -0.2) is 0 Å². The molecule has 1 aromatic carbocycles. The van der Waals surface area contributed by atoms with Crippen LogP contribution in [-0.4, -0.2) is 17.9 Å². The Morgan fingerprint density at radius 3 is 2.20 bits per heavy atom. The number of rotatable bonds is 4. The van der Waals surface area contributed by atoms with Crippen LogP contribution in [0, 0.1) is 5.92 Å². The molecule has 0 atom stereocenters. The van der Waals surface area contributed by atoms with Crippen LogP contribution in [0.2, 0.25) is 0 Å². The van der Waals surface area contributed by atoms with Crippen molar-refractivity contribution in [3.8, 4) is 0 Å². The molecule has 2 aliphatic carbocycles. The monoisotopic (exact) mass is 272 g/mol. The van der Waals surface area contributed by atoms with Gasteiger partial charge in [0.15, 0.2) is 0 Å². The quantitative estimate of drug-likeness (QED) is 0.885. The molecule has 2 N–H and O–H groups in total. The van der Waals surface area contributed by atoms with Gasteiger partial charge in [0, 0.05) is 23.2 Å². The van der Waals surface area contributed by atoms with Gasteiger partial charge >= 0.3 is 0 Å². The predicted octanol–water partition coefficient (Wildman–Crippen LogP) is 2.71. The summed E-state index contributed by atoms with van der Waals surface area (Å²) in [6.07, 6.45) is 6.57. The van der Waals surface area contributed by atoms with E-state index >= 15 is 0 Å². The Balaban J connectivity index is 1.56. The molecule has 0 bridgehead atoms. The number of nitrogens with one attached hydrogen (secondary N) is 2. The van der Waals surface area contributed by atoms with Crippen molar-refractivity contribution in [2.75, 3.05) is 5.32 Å². The van der Waals surface area contributed by atoms with Crippen LogP contribution in [0.15, 0.2) is 24.3 Å². The first-order chi connectivity index (χ1) is 9.72. The molecule has 0 aliphatic heterocycles. The third kappa shape index (κ3) is 3.18. The van der Waals surface area contributed by atoms with Gasteiger partial charge in [-0.3, -0.25) is 9.59 Å². The van der Waals surface area contributed by atoms with Crippen LogP contribution in [-0.2, 0) is 4.79 Å². The average molecular weight is 272 g/mol. The second kappa shape index (κ2) is 5.65. The first kappa shape index (κ1) is 13.2. The van der Waals surface area contributed by atoms with E-state index in [4.69, 9.17) is 0 Å².